The van der Waals surface area contributed by atoms with Crippen LogP contribution in [0.5, 0.6) is 11.6 Å². The number of benzene rings is 1. The lowest BCUT2D eigenvalue weighted by Crippen LogP contribution is -2.57. The Morgan fingerprint density at radius 1 is 1.10 bits per heavy atom. The Balaban J connectivity index is 1.51. The maximum Gasteiger partial charge on any atom is 0.328 e. The number of hydrogen-bond acceptors (Lipinski definition) is 8. The van der Waals surface area contributed by atoms with E-state index in [9.17, 15) is 14.4 Å². The van der Waals surface area contributed by atoms with Gasteiger partial charge in [-0.05, 0) is 61.0 Å². The van der Waals surface area contributed by atoms with Crippen LogP contribution in [0.25, 0.3) is 11.0 Å². The van der Waals surface area contributed by atoms with Crippen molar-refractivity contribution >= 4 is 28.8 Å². The summed E-state index contributed by atoms with van der Waals surface area (Å²) in [6.07, 6.45) is 4.69. The van der Waals surface area contributed by atoms with Gasteiger partial charge in [0.15, 0.2) is 5.69 Å². The summed E-state index contributed by atoms with van der Waals surface area (Å²) in [4.78, 5) is 50.8. The van der Waals surface area contributed by atoms with Gasteiger partial charge in [0, 0.05) is 25.3 Å². The van der Waals surface area contributed by atoms with Crippen LogP contribution in [0.2, 0.25) is 0 Å². The summed E-state index contributed by atoms with van der Waals surface area (Å²) in [5.74, 6) is 7.40. The molecule has 2 amide bonds. The first-order valence-electron chi connectivity index (χ1n) is 14.8. The minimum Gasteiger partial charge on any atom is -0.497 e. The molecule has 2 bridgehead atoms. The molecule has 224 valence electrons. The van der Waals surface area contributed by atoms with E-state index in [-0.39, 0.29) is 30.7 Å². The number of amides is 2. The van der Waals surface area contributed by atoms with Crippen LogP contribution >= 0.6 is 0 Å². The summed E-state index contributed by atoms with van der Waals surface area (Å²) in [7, 11) is 2.88. The fourth-order valence-electron chi connectivity index (χ4n) is 5.93. The zero-order chi connectivity index (χ0) is 30.0. The number of rotatable bonds is 2. The van der Waals surface area contributed by atoms with Gasteiger partial charge in [0.25, 0.3) is 0 Å². The normalized spacial score (nSPS) is 26.7. The molecule has 0 unspecified atom stereocenters. The van der Waals surface area contributed by atoms with Crippen molar-refractivity contribution in [2.45, 2.75) is 83.9 Å². The Kier molecular flexibility index (Phi) is 8.58. The molecular weight excluding hydrogens is 536 g/mol. The molecule has 10 nitrogen and oxygen atoms in total. The van der Waals surface area contributed by atoms with Crippen molar-refractivity contribution in [3.63, 3.8) is 0 Å². The lowest BCUT2D eigenvalue weighted by Gasteiger charge is -2.35. The second kappa shape index (κ2) is 12.2. The molecule has 1 saturated heterocycles. The second-order valence-electron chi connectivity index (χ2n) is 12.6. The van der Waals surface area contributed by atoms with Gasteiger partial charge in [0.2, 0.25) is 17.7 Å². The molecule has 1 N–H and O–H groups in total. The largest absolute Gasteiger partial charge is 0.497 e. The molecule has 1 saturated carbocycles. The molecule has 42 heavy (non-hydrogen) atoms. The molecule has 2 fully saturated rings. The molecule has 1 aliphatic carbocycles. The smallest absolute Gasteiger partial charge is 0.328 e. The van der Waals surface area contributed by atoms with Crippen LogP contribution in [0.1, 0.15) is 71.4 Å². The molecule has 3 aliphatic rings. The zero-order valence-corrected chi connectivity index (χ0v) is 25.1. The summed E-state index contributed by atoms with van der Waals surface area (Å²) in [5, 5.41) is 2.99. The van der Waals surface area contributed by atoms with Crippen LogP contribution in [0.4, 0.5) is 0 Å². The maximum absolute atomic E-state index is 14.0. The quantitative estimate of drug-likeness (QED) is 0.425. The SMILES string of the molecule is COC(=O)[C@@H]1C[C@@H]2CN1C(=O)[C@H](C(C)(C)C)NC(=O)CC[C@@H]1C[C@H]1CCCC#Cc1nc3ccc(OC)cc3nc1O2. The molecule has 0 spiro atoms. The molecule has 0 radical (unpaired) electrons. The van der Waals surface area contributed by atoms with E-state index in [0.717, 1.165) is 32.1 Å². The number of carbonyl (C=O) groups excluding carboxylic acids is 3. The van der Waals surface area contributed by atoms with Gasteiger partial charge in [0.05, 0.1) is 31.8 Å². The van der Waals surface area contributed by atoms with Crippen molar-refractivity contribution in [1.29, 1.82) is 0 Å². The number of esters is 1. The van der Waals surface area contributed by atoms with E-state index in [1.54, 1.807) is 13.2 Å². The summed E-state index contributed by atoms with van der Waals surface area (Å²) in [6.45, 7) is 5.84. The highest BCUT2D eigenvalue weighted by atomic mass is 16.5. The van der Waals surface area contributed by atoms with Gasteiger partial charge >= 0.3 is 5.97 Å². The number of carbonyl (C=O) groups is 3. The minimum atomic E-state index is -0.866. The summed E-state index contributed by atoms with van der Waals surface area (Å²) < 4.78 is 16.8. The fraction of sp³-hybridized carbons (Fsp3) is 0.594. The Bertz CT molecular complexity index is 1420. The van der Waals surface area contributed by atoms with E-state index >= 15 is 0 Å². The third-order valence-corrected chi connectivity index (χ3v) is 8.45. The van der Waals surface area contributed by atoms with Gasteiger partial charge in [-0.25, -0.2) is 14.8 Å². The molecule has 2 aromatic rings. The van der Waals surface area contributed by atoms with Gasteiger partial charge in [-0.1, -0.05) is 26.7 Å². The van der Waals surface area contributed by atoms with Crippen LogP contribution in [0.15, 0.2) is 18.2 Å². The first-order chi connectivity index (χ1) is 20.1. The van der Waals surface area contributed by atoms with Crippen LogP contribution in [-0.4, -0.2) is 71.6 Å². The number of ether oxygens (including phenoxy) is 3. The zero-order valence-electron chi connectivity index (χ0n) is 25.1. The second-order valence-corrected chi connectivity index (χ2v) is 12.6. The molecule has 5 atom stereocenters. The van der Waals surface area contributed by atoms with Gasteiger partial charge in [-0.2, -0.15) is 0 Å². The van der Waals surface area contributed by atoms with Crippen molar-refractivity contribution in [3.8, 4) is 23.5 Å². The Labute approximate surface area is 246 Å². The first kappa shape index (κ1) is 29.6. The number of aromatic nitrogens is 2. The molecular formula is C32H40N4O6. The minimum absolute atomic E-state index is 0.121. The van der Waals surface area contributed by atoms with Crippen molar-refractivity contribution in [1.82, 2.24) is 20.2 Å². The highest BCUT2D eigenvalue weighted by Gasteiger charge is 2.46. The molecule has 5 rings (SSSR count). The molecule has 3 heterocycles. The molecule has 10 heteroatoms. The monoisotopic (exact) mass is 576 g/mol. The predicted octanol–water partition coefficient (Wildman–Crippen LogP) is 3.64. The van der Waals surface area contributed by atoms with E-state index < -0.39 is 29.6 Å². The Morgan fingerprint density at radius 3 is 2.62 bits per heavy atom. The number of nitrogens with zero attached hydrogens (tertiary/aromatic N) is 3. The summed E-state index contributed by atoms with van der Waals surface area (Å²) >= 11 is 0. The maximum atomic E-state index is 14.0. The highest BCUT2D eigenvalue weighted by molar-refractivity contribution is 5.92. The highest BCUT2D eigenvalue weighted by Crippen LogP contribution is 2.45. The van der Waals surface area contributed by atoms with Crippen molar-refractivity contribution in [2.75, 3.05) is 20.8 Å². The van der Waals surface area contributed by atoms with Crippen molar-refractivity contribution in [3.05, 3.63) is 23.9 Å². The molecule has 1 aromatic carbocycles. The number of fused-ring (bicyclic) bond motifs is 5. The molecule has 1 aromatic heterocycles. The van der Waals surface area contributed by atoms with E-state index in [4.69, 9.17) is 24.2 Å². The summed E-state index contributed by atoms with van der Waals surface area (Å²) in [5.41, 5.74) is 1.07. The average molecular weight is 577 g/mol. The van der Waals surface area contributed by atoms with Crippen LogP contribution in [0, 0.1) is 29.1 Å². The lowest BCUT2D eigenvalue weighted by molar-refractivity contribution is -0.153. The van der Waals surface area contributed by atoms with E-state index in [1.807, 2.05) is 32.9 Å². The standard InChI is InChI=1S/C32H40N4O6/c1-32(2,3)28-30(38)36-18-22(17-26(36)31(39)41-5)42-29-24(33-23-13-12-21(40-4)16-25(23)34-29)10-8-6-7-9-19-15-20(19)11-14-27(37)35-28/h12-13,16,19-20,22,26,28H,6-7,9,11,14-15,17-18H2,1-5H3,(H,35,37)/t19-,20-,22-,26+,28-/m1/s1. The van der Waals surface area contributed by atoms with Gasteiger partial charge < -0.3 is 24.4 Å². The van der Waals surface area contributed by atoms with Crippen LogP contribution in [0.3, 0.4) is 0 Å². The number of methoxy groups -OCH3 is 2. The number of nitrogens with one attached hydrogen (secondary N) is 1. The van der Waals surface area contributed by atoms with Gasteiger partial charge in [0.1, 0.15) is 23.9 Å². The Morgan fingerprint density at radius 2 is 1.88 bits per heavy atom. The number of hydrogen-bond donors (Lipinski definition) is 1. The predicted molar refractivity (Wildman–Crippen MR) is 156 cm³/mol. The Hall–Kier alpha value is -3.87. The topological polar surface area (TPSA) is 120 Å². The third-order valence-electron chi connectivity index (χ3n) is 8.45. The van der Waals surface area contributed by atoms with E-state index in [0.29, 0.717) is 40.7 Å². The van der Waals surface area contributed by atoms with E-state index in [2.05, 4.69) is 17.2 Å². The first-order valence-corrected chi connectivity index (χ1v) is 14.8. The fourth-order valence-corrected chi connectivity index (χ4v) is 5.93. The van der Waals surface area contributed by atoms with E-state index in [1.165, 1.54) is 12.0 Å². The molecule has 2 aliphatic heterocycles. The van der Waals surface area contributed by atoms with Gasteiger partial charge in [-0.3, -0.25) is 9.59 Å². The van der Waals surface area contributed by atoms with Crippen molar-refractivity contribution in [2.24, 2.45) is 17.3 Å². The van der Waals surface area contributed by atoms with Crippen molar-refractivity contribution < 1.29 is 28.6 Å². The van der Waals surface area contributed by atoms with Crippen LogP contribution in [-0.2, 0) is 19.1 Å². The average Bonchev–Trinajstić information content (AvgIpc) is 3.58. The lowest BCUT2D eigenvalue weighted by atomic mass is 9.85. The van der Waals surface area contributed by atoms with Gasteiger partial charge in [-0.15, -0.1) is 0 Å². The van der Waals surface area contributed by atoms with Crippen LogP contribution < -0.4 is 14.8 Å². The summed E-state index contributed by atoms with van der Waals surface area (Å²) in [6, 6.07) is 3.74. The third kappa shape index (κ3) is 6.61.